The number of carbonyl (C=O) groups excluding carboxylic acids is 1. The van der Waals surface area contributed by atoms with Gasteiger partial charge in [-0.15, -0.1) is 0 Å². The van der Waals surface area contributed by atoms with Crippen LogP contribution in [0.4, 0.5) is 18.9 Å². The van der Waals surface area contributed by atoms with Crippen LogP contribution in [0.25, 0.3) is 0 Å². The number of benzene rings is 1. The zero-order valence-corrected chi connectivity index (χ0v) is 9.56. The fourth-order valence-corrected chi connectivity index (χ4v) is 1.35. The van der Waals surface area contributed by atoms with E-state index in [0.717, 1.165) is 12.1 Å². The molecule has 1 atom stereocenters. The molecule has 1 rings (SSSR count). The van der Waals surface area contributed by atoms with Crippen molar-refractivity contribution >= 4 is 23.2 Å². The van der Waals surface area contributed by atoms with Gasteiger partial charge in [-0.3, -0.25) is 4.79 Å². The molecule has 1 aromatic carbocycles. The largest absolute Gasteiger partial charge is 0.418 e. The number of para-hydroxylation sites is 1. The lowest BCUT2D eigenvalue weighted by Crippen LogP contribution is -2.33. The summed E-state index contributed by atoms with van der Waals surface area (Å²) in [5, 5.41) is 1.88. The lowest BCUT2D eigenvalue weighted by Gasteiger charge is -2.16. The van der Waals surface area contributed by atoms with Gasteiger partial charge in [0.05, 0.1) is 22.3 Å². The van der Waals surface area contributed by atoms with Crippen molar-refractivity contribution in [2.45, 2.75) is 19.1 Å². The summed E-state index contributed by atoms with van der Waals surface area (Å²) < 4.78 is 37.9. The highest BCUT2D eigenvalue weighted by atomic mass is 35.5. The molecule has 0 aliphatic rings. The van der Waals surface area contributed by atoms with Crippen LogP contribution in [0.15, 0.2) is 18.2 Å². The highest BCUT2D eigenvalue weighted by Crippen LogP contribution is 2.38. The van der Waals surface area contributed by atoms with Crippen LogP contribution in [0, 0.1) is 0 Å². The van der Waals surface area contributed by atoms with Crippen molar-refractivity contribution in [3.63, 3.8) is 0 Å². The maximum atomic E-state index is 12.6. The van der Waals surface area contributed by atoms with Gasteiger partial charge in [0.1, 0.15) is 0 Å². The van der Waals surface area contributed by atoms with E-state index in [1.807, 2.05) is 0 Å². The lowest BCUT2D eigenvalue weighted by atomic mass is 10.1. The molecule has 0 fully saturated rings. The topological polar surface area (TPSA) is 55.1 Å². The van der Waals surface area contributed by atoms with Gasteiger partial charge < -0.3 is 11.1 Å². The summed E-state index contributed by atoms with van der Waals surface area (Å²) in [6, 6.07) is 2.33. The molecule has 0 heterocycles. The Morgan fingerprint density at radius 3 is 2.53 bits per heavy atom. The Hall–Kier alpha value is -1.27. The number of halogens is 4. The number of nitrogens with one attached hydrogen (secondary N) is 1. The minimum absolute atomic E-state index is 0.186. The minimum Gasteiger partial charge on any atom is -0.323 e. The molecule has 7 heteroatoms. The first-order valence-electron chi connectivity index (χ1n) is 4.65. The van der Waals surface area contributed by atoms with E-state index in [4.69, 9.17) is 17.3 Å². The Bertz CT molecular complexity index is 432. The van der Waals surface area contributed by atoms with Gasteiger partial charge >= 0.3 is 6.18 Å². The quantitative estimate of drug-likeness (QED) is 0.865. The van der Waals surface area contributed by atoms with Crippen LogP contribution < -0.4 is 11.1 Å². The third-order valence-electron chi connectivity index (χ3n) is 1.98. The summed E-state index contributed by atoms with van der Waals surface area (Å²) in [7, 11) is 0. The smallest absolute Gasteiger partial charge is 0.323 e. The second kappa shape index (κ2) is 4.93. The second-order valence-electron chi connectivity index (χ2n) is 3.44. The maximum Gasteiger partial charge on any atom is 0.418 e. The molecule has 0 aliphatic carbocycles. The summed E-state index contributed by atoms with van der Waals surface area (Å²) >= 11 is 5.63. The van der Waals surface area contributed by atoms with Crippen LogP contribution >= 0.6 is 11.6 Å². The average molecular weight is 267 g/mol. The Kier molecular flexibility index (Phi) is 4.00. The SMILES string of the molecule is C[C@@H](N)C(=O)Nc1c(Cl)cccc1C(F)(F)F. The second-order valence-corrected chi connectivity index (χ2v) is 3.85. The molecule has 0 saturated carbocycles. The van der Waals surface area contributed by atoms with Crippen LogP contribution in [0.1, 0.15) is 12.5 Å². The zero-order valence-electron chi connectivity index (χ0n) is 8.81. The number of nitrogens with two attached hydrogens (primary N) is 1. The third kappa shape index (κ3) is 3.34. The molecule has 94 valence electrons. The summed E-state index contributed by atoms with van der Waals surface area (Å²) in [4.78, 5) is 11.3. The summed E-state index contributed by atoms with van der Waals surface area (Å²) in [5.41, 5.74) is 3.79. The van der Waals surface area contributed by atoms with Gasteiger partial charge in [0.25, 0.3) is 0 Å². The Balaban J connectivity index is 3.18. The van der Waals surface area contributed by atoms with E-state index in [0.29, 0.717) is 0 Å². The first kappa shape index (κ1) is 13.8. The normalized spacial score (nSPS) is 13.3. The Morgan fingerprint density at radius 2 is 2.06 bits per heavy atom. The van der Waals surface area contributed by atoms with E-state index in [2.05, 4.69) is 5.32 Å². The molecule has 17 heavy (non-hydrogen) atoms. The maximum absolute atomic E-state index is 12.6. The van der Waals surface area contributed by atoms with Gasteiger partial charge in [-0.25, -0.2) is 0 Å². The molecule has 0 spiro atoms. The number of hydrogen-bond acceptors (Lipinski definition) is 2. The molecule has 1 aromatic rings. The fourth-order valence-electron chi connectivity index (χ4n) is 1.12. The molecule has 0 aromatic heterocycles. The van der Waals surface area contributed by atoms with Crippen LogP contribution in [-0.4, -0.2) is 11.9 Å². The average Bonchev–Trinajstić information content (AvgIpc) is 2.18. The summed E-state index contributed by atoms with van der Waals surface area (Å²) in [6.45, 7) is 1.36. The molecule has 3 nitrogen and oxygen atoms in total. The molecular weight excluding hydrogens is 257 g/mol. The van der Waals surface area contributed by atoms with Gasteiger partial charge in [0, 0.05) is 0 Å². The predicted molar refractivity (Wildman–Crippen MR) is 58.7 cm³/mol. The van der Waals surface area contributed by atoms with Crippen LogP contribution in [0.2, 0.25) is 5.02 Å². The Morgan fingerprint density at radius 1 is 1.47 bits per heavy atom. The highest BCUT2D eigenvalue weighted by Gasteiger charge is 2.34. The van der Waals surface area contributed by atoms with Crippen molar-refractivity contribution < 1.29 is 18.0 Å². The van der Waals surface area contributed by atoms with E-state index in [1.54, 1.807) is 0 Å². The van der Waals surface area contributed by atoms with E-state index >= 15 is 0 Å². The monoisotopic (exact) mass is 266 g/mol. The first-order valence-corrected chi connectivity index (χ1v) is 5.03. The lowest BCUT2D eigenvalue weighted by molar-refractivity contribution is -0.137. The standard InChI is InChI=1S/C10H10ClF3N2O/c1-5(15)9(17)16-8-6(10(12,13)14)3-2-4-7(8)11/h2-5H,15H2,1H3,(H,16,17)/t5-/m1/s1. The highest BCUT2D eigenvalue weighted by molar-refractivity contribution is 6.34. The van der Waals surface area contributed by atoms with E-state index < -0.39 is 29.4 Å². The number of carbonyl (C=O) groups is 1. The van der Waals surface area contributed by atoms with Gasteiger partial charge in [0.2, 0.25) is 5.91 Å². The van der Waals surface area contributed by atoms with Crippen LogP contribution in [-0.2, 0) is 11.0 Å². The predicted octanol–water partition coefficient (Wildman–Crippen LogP) is 2.64. The van der Waals surface area contributed by atoms with Gasteiger partial charge in [0.15, 0.2) is 0 Å². The van der Waals surface area contributed by atoms with E-state index in [-0.39, 0.29) is 5.02 Å². The molecule has 0 saturated heterocycles. The van der Waals surface area contributed by atoms with Gasteiger partial charge in [-0.05, 0) is 19.1 Å². The van der Waals surface area contributed by atoms with Crippen molar-refractivity contribution in [3.05, 3.63) is 28.8 Å². The molecule has 0 radical (unpaired) electrons. The van der Waals surface area contributed by atoms with E-state index in [1.165, 1.54) is 13.0 Å². The van der Waals surface area contributed by atoms with Crippen molar-refractivity contribution in [1.29, 1.82) is 0 Å². The van der Waals surface area contributed by atoms with Gasteiger partial charge in [-0.1, -0.05) is 17.7 Å². The summed E-state index contributed by atoms with van der Waals surface area (Å²) in [6.07, 6.45) is -4.59. The first-order chi connectivity index (χ1) is 7.73. The summed E-state index contributed by atoms with van der Waals surface area (Å²) in [5.74, 6) is -0.733. The van der Waals surface area contributed by atoms with Crippen molar-refractivity contribution in [2.24, 2.45) is 5.73 Å². The molecule has 0 bridgehead atoms. The number of rotatable bonds is 2. The van der Waals surface area contributed by atoms with Crippen molar-refractivity contribution in [1.82, 2.24) is 0 Å². The van der Waals surface area contributed by atoms with Crippen LogP contribution in [0.3, 0.4) is 0 Å². The number of hydrogen-bond donors (Lipinski definition) is 2. The molecular formula is C10H10ClF3N2O. The van der Waals surface area contributed by atoms with Crippen molar-refractivity contribution in [2.75, 3.05) is 5.32 Å². The minimum atomic E-state index is -4.59. The molecule has 0 aliphatic heterocycles. The third-order valence-corrected chi connectivity index (χ3v) is 2.30. The van der Waals surface area contributed by atoms with Gasteiger partial charge in [-0.2, -0.15) is 13.2 Å². The molecule has 0 unspecified atom stereocenters. The molecule has 1 amide bonds. The van der Waals surface area contributed by atoms with E-state index in [9.17, 15) is 18.0 Å². The number of anilines is 1. The Labute approximate surface area is 101 Å². The fraction of sp³-hybridized carbons (Fsp3) is 0.300. The molecule has 3 N–H and O–H groups in total. The van der Waals surface area contributed by atoms with Crippen molar-refractivity contribution in [3.8, 4) is 0 Å². The van der Waals surface area contributed by atoms with Crippen LogP contribution in [0.5, 0.6) is 0 Å². The number of amides is 1. The zero-order chi connectivity index (χ0) is 13.2. The number of alkyl halides is 3.